The number of rotatable bonds is 9. The first-order valence-corrected chi connectivity index (χ1v) is 10.7. The number of carbonyl (C=O) groups excluding carboxylic acids is 1. The number of nitrogens with one attached hydrogen (secondary N) is 2. The Bertz CT molecular complexity index is 652. The van der Waals surface area contributed by atoms with Crippen LogP contribution in [0.4, 0.5) is 0 Å². The molecule has 7 nitrogen and oxygen atoms in total. The summed E-state index contributed by atoms with van der Waals surface area (Å²) in [6, 6.07) is 7.84. The minimum atomic E-state index is 0.0360. The summed E-state index contributed by atoms with van der Waals surface area (Å²) in [6.45, 7) is 7.63. The second kappa shape index (κ2) is 12.4. The monoisotopic (exact) mass is 402 g/mol. The van der Waals surface area contributed by atoms with Crippen LogP contribution in [0.25, 0.3) is 0 Å². The molecule has 1 aliphatic rings. The molecular weight excluding hydrogens is 364 g/mol. The van der Waals surface area contributed by atoms with Crippen LogP contribution >= 0.6 is 0 Å². The molecule has 1 aliphatic heterocycles. The fourth-order valence-electron chi connectivity index (χ4n) is 3.40. The van der Waals surface area contributed by atoms with E-state index in [-0.39, 0.29) is 5.91 Å². The number of carbonyl (C=O) groups is 1. The number of guanidine groups is 1. The topological polar surface area (TPSA) is 63.2 Å². The van der Waals surface area contributed by atoms with E-state index in [0.29, 0.717) is 0 Å². The molecule has 1 saturated heterocycles. The number of piperazine rings is 1. The zero-order valence-corrected chi connectivity index (χ0v) is 18.6. The lowest BCUT2D eigenvalue weighted by molar-refractivity contribution is 0.0827. The maximum absolute atomic E-state index is 12.1. The SMILES string of the molecule is CN=C(NCCCCN1CCN(C)CC1)NCCc1cccc(C(=O)N(C)C)c1. The Hall–Kier alpha value is -2.12. The lowest BCUT2D eigenvalue weighted by atomic mass is 10.1. The van der Waals surface area contributed by atoms with Crippen LogP contribution in [0.1, 0.15) is 28.8 Å². The number of hydrogen-bond acceptors (Lipinski definition) is 4. The molecule has 0 aromatic heterocycles. The van der Waals surface area contributed by atoms with Gasteiger partial charge in [-0.15, -0.1) is 0 Å². The number of likely N-dealkylation sites (N-methyl/N-ethyl adjacent to an activating group) is 1. The Morgan fingerprint density at radius 3 is 2.52 bits per heavy atom. The molecule has 162 valence electrons. The minimum Gasteiger partial charge on any atom is -0.356 e. The summed E-state index contributed by atoms with van der Waals surface area (Å²) < 4.78 is 0. The highest BCUT2D eigenvalue weighted by molar-refractivity contribution is 5.94. The fourth-order valence-corrected chi connectivity index (χ4v) is 3.40. The number of benzene rings is 1. The van der Waals surface area contributed by atoms with Gasteiger partial charge in [0.05, 0.1) is 0 Å². The van der Waals surface area contributed by atoms with Gasteiger partial charge in [-0.2, -0.15) is 0 Å². The van der Waals surface area contributed by atoms with Gasteiger partial charge < -0.3 is 25.3 Å². The molecule has 1 aromatic rings. The van der Waals surface area contributed by atoms with Crippen molar-refractivity contribution < 1.29 is 4.79 Å². The maximum Gasteiger partial charge on any atom is 0.253 e. The molecule has 0 radical (unpaired) electrons. The van der Waals surface area contributed by atoms with Gasteiger partial charge in [-0.1, -0.05) is 12.1 Å². The average Bonchev–Trinajstić information content (AvgIpc) is 2.73. The molecule has 29 heavy (non-hydrogen) atoms. The highest BCUT2D eigenvalue weighted by Gasteiger charge is 2.12. The third kappa shape index (κ3) is 8.41. The lowest BCUT2D eigenvalue weighted by Gasteiger charge is -2.32. The quantitative estimate of drug-likeness (QED) is 0.368. The third-order valence-corrected chi connectivity index (χ3v) is 5.30. The molecule has 0 saturated carbocycles. The molecule has 1 aromatic carbocycles. The number of hydrogen-bond donors (Lipinski definition) is 2. The van der Waals surface area contributed by atoms with Gasteiger partial charge in [0.15, 0.2) is 5.96 Å². The van der Waals surface area contributed by atoms with Crippen molar-refractivity contribution in [3.8, 4) is 0 Å². The molecule has 0 unspecified atom stereocenters. The second-order valence-corrected chi connectivity index (χ2v) is 7.93. The molecular formula is C22H38N6O. The maximum atomic E-state index is 12.1. The zero-order valence-electron chi connectivity index (χ0n) is 18.6. The molecule has 0 atom stereocenters. The van der Waals surface area contributed by atoms with Gasteiger partial charge >= 0.3 is 0 Å². The van der Waals surface area contributed by atoms with Crippen molar-refractivity contribution in [1.29, 1.82) is 0 Å². The summed E-state index contributed by atoms with van der Waals surface area (Å²) in [5.74, 6) is 0.874. The van der Waals surface area contributed by atoms with Crippen molar-refractivity contribution in [3.05, 3.63) is 35.4 Å². The molecule has 2 N–H and O–H groups in total. The van der Waals surface area contributed by atoms with Crippen molar-refractivity contribution in [2.75, 3.05) is 74.0 Å². The van der Waals surface area contributed by atoms with Crippen molar-refractivity contribution in [2.24, 2.45) is 4.99 Å². The summed E-state index contributed by atoms with van der Waals surface area (Å²) in [4.78, 5) is 22.9. The third-order valence-electron chi connectivity index (χ3n) is 5.30. The van der Waals surface area contributed by atoms with Gasteiger partial charge in [0.1, 0.15) is 0 Å². The standard InChI is InChI=1S/C22H38N6O/c1-23-22(24-11-5-6-13-28-16-14-27(4)15-17-28)25-12-10-19-8-7-9-20(18-19)21(29)26(2)3/h7-9,18H,5-6,10-17H2,1-4H3,(H2,23,24,25). The molecule has 1 fully saturated rings. The first-order valence-electron chi connectivity index (χ1n) is 10.7. The van der Waals surface area contributed by atoms with Gasteiger partial charge in [-0.05, 0) is 50.6 Å². The normalized spacial score (nSPS) is 15.9. The number of unbranched alkanes of at least 4 members (excludes halogenated alkanes) is 1. The van der Waals surface area contributed by atoms with E-state index in [9.17, 15) is 4.79 Å². The van der Waals surface area contributed by atoms with Crippen molar-refractivity contribution in [2.45, 2.75) is 19.3 Å². The van der Waals surface area contributed by atoms with Gasteiger partial charge in [0, 0.05) is 66.0 Å². The second-order valence-electron chi connectivity index (χ2n) is 7.93. The van der Waals surface area contributed by atoms with Crippen molar-refractivity contribution in [3.63, 3.8) is 0 Å². The first kappa shape index (κ1) is 23.2. The van der Waals surface area contributed by atoms with Gasteiger partial charge in [-0.25, -0.2) is 0 Å². The van der Waals surface area contributed by atoms with E-state index in [1.165, 1.54) is 39.1 Å². The fraction of sp³-hybridized carbons (Fsp3) is 0.636. The van der Waals surface area contributed by atoms with Crippen LogP contribution in [0.5, 0.6) is 0 Å². The molecule has 2 rings (SSSR count). The molecule has 0 spiro atoms. The summed E-state index contributed by atoms with van der Waals surface area (Å²) in [7, 11) is 7.55. The zero-order chi connectivity index (χ0) is 21.1. The van der Waals surface area contributed by atoms with Crippen LogP contribution in [0.15, 0.2) is 29.3 Å². The predicted molar refractivity (Wildman–Crippen MR) is 121 cm³/mol. The van der Waals surface area contributed by atoms with Crippen LogP contribution in [0, 0.1) is 0 Å². The van der Waals surface area contributed by atoms with E-state index in [1.807, 2.05) is 18.2 Å². The molecule has 1 amide bonds. The molecule has 7 heteroatoms. The number of nitrogens with zero attached hydrogens (tertiary/aromatic N) is 4. The summed E-state index contributed by atoms with van der Waals surface area (Å²) in [5.41, 5.74) is 1.88. The van der Waals surface area contributed by atoms with E-state index >= 15 is 0 Å². The Morgan fingerprint density at radius 2 is 1.83 bits per heavy atom. The van der Waals surface area contributed by atoms with Crippen molar-refractivity contribution in [1.82, 2.24) is 25.3 Å². The van der Waals surface area contributed by atoms with E-state index in [0.717, 1.165) is 43.0 Å². The molecule has 1 heterocycles. The number of aliphatic imine (C=N–C) groups is 1. The van der Waals surface area contributed by atoms with Crippen LogP contribution in [-0.2, 0) is 6.42 Å². The lowest BCUT2D eigenvalue weighted by Crippen LogP contribution is -2.44. The van der Waals surface area contributed by atoms with Crippen LogP contribution < -0.4 is 10.6 Å². The molecule has 0 bridgehead atoms. The van der Waals surface area contributed by atoms with E-state index in [2.05, 4.69) is 38.5 Å². The van der Waals surface area contributed by atoms with Crippen LogP contribution in [0.2, 0.25) is 0 Å². The van der Waals surface area contributed by atoms with Gasteiger partial charge in [-0.3, -0.25) is 9.79 Å². The van der Waals surface area contributed by atoms with Crippen LogP contribution in [-0.4, -0.2) is 101 Å². The largest absolute Gasteiger partial charge is 0.356 e. The van der Waals surface area contributed by atoms with E-state index in [1.54, 1.807) is 26.0 Å². The Kier molecular flexibility index (Phi) is 9.94. The Balaban J connectivity index is 1.61. The van der Waals surface area contributed by atoms with Gasteiger partial charge in [0.2, 0.25) is 0 Å². The van der Waals surface area contributed by atoms with Gasteiger partial charge in [0.25, 0.3) is 5.91 Å². The average molecular weight is 403 g/mol. The Labute approximate surface area is 176 Å². The summed E-state index contributed by atoms with van der Waals surface area (Å²) >= 11 is 0. The first-order chi connectivity index (χ1) is 14.0. The summed E-state index contributed by atoms with van der Waals surface area (Å²) in [5, 5.41) is 6.76. The highest BCUT2D eigenvalue weighted by atomic mass is 16.2. The number of amides is 1. The molecule has 0 aliphatic carbocycles. The smallest absolute Gasteiger partial charge is 0.253 e. The summed E-state index contributed by atoms with van der Waals surface area (Å²) in [6.07, 6.45) is 3.20. The van der Waals surface area contributed by atoms with Crippen molar-refractivity contribution >= 4 is 11.9 Å². The van der Waals surface area contributed by atoms with E-state index in [4.69, 9.17) is 0 Å². The highest BCUT2D eigenvalue weighted by Crippen LogP contribution is 2.07. The Morgan fingerprint density at radius 1 is 1.10 bits per heavy atom. The minimum absolute atomic E-state index is 0.0360. The predicted octanol–water partition coefficient (Wildman–Crippen LogP) is 1.12. The van der Waals surface area contributed by atoms with E-state index < -0.39 is 0 Å². The van der Waals surface area contributed by atoms with Crippen LogP contribution in [0.3, 0.4) is 0 Å².